The molecule has 1 aromatic carbocycles. The van der Waals surface area contributed by atoms with Crippen LogP contribution in [0, 0.1) is 13.8 Å². The Morgan fingerprint density at radius 1 is 1.10 bits per heavy atom. The number of ether oxygens (including phenoxy) is 1. The predicted molar refractivity (Wildman–Crippen MR) is 105 cm³/mol. The number of amides is 2. The molecule has 2 heterocycles. The molecule has 2 aromatic heterocycles. The topological polar surface area (TPSA) is 131 Å². The van der Waals surface area contributed by atoms with Crippen molar-refractivity contribution in [2.45, 2.75) is 20.4 Å². The lowest BCUT2D eigenvalue weighted by molar-refractivity contribution is -0.136. The molecule has 0 unspecified atom stereocenters. The number of nitrogens with zero attached hydrogens (tertiary/aromatic N) is 3. The Morgan fingerprint density at radius 2 is 1.83 bits per heavy atom. The predicted octanol–water partition coefficient (Wildman–Crippen LogP) is 0.836. The Morgan fingerprint density at radius 3 is 2.48 bits per heavy atom. The van der Waals surface area contributed by atoms with E-state index in [0.717, 1.165) is 5.56 Å². The molecule has 10 nitrogen and oxygen atoms in total. The molecule has 10 heteroatoms. The Labute approximate surface area is 165 Å². The number of methoxy groups -OCH3 is 1. The van der Waals surface area contributed by atoms with E-state index in [1.54, 1.807) is 51.3 Å². The number of aromatic amines is 1. The molecule has 0 aliphatic heterocycles. The fourth-order valence-electron chi connectivity index (χ4n) is 2.59. The molecule has 3 aromatic rings. The molecular weight excluding hydrogens is 376 g/mol. The number of hydrogen-bond acceptors (Lipinski definition) is 6. The van der Waals surface area contributed by atoms with Crippen LogP contribution in [0.3, 0.4) is 0 Å². The van der Waals surface area contributed by atoms with Gasteiger partial charge in [-0.3, -0.25) is 19.4 Å². The molecule has 0 spiro atoms. The van der Waals surface area contributed by atoms with E-state index in [1.807, 2.05) is 0 Å². The maximum Gasteiger partial charge on any atom is 0.314 e. The lowest BCUT2D eigenvalue weighted by Crippen LogP contribution is -2.35. The molecular formula is C19H20N6O4. The van der Waals surface area contributed by atoms with E-state index < -0.39 is 11.8 Å². The normalized spacial score (nSPS) is 10.4. The number of benzene rings is 1. The van der Waals surface area contributed by atoms with Gasteiger partial charge in [-0.05, 0) is 31.5 Å². The molecule has 0 aliphatic carbocycles. The summed E-state index contributed by atoms with van der Waals surface area (Å²) in [7, 11) is 1.56. The fraction of sp³-hybridized carbons (Fsp3) is 0.211. The van der Waals surface area contributed by atoms with Gasteiger partial charge in [0.25, 0.3) is 5.56 Å². The van der Waals surface area contributed by atoms with E-state index in [9.17, 15) is 14.4 Å². The van der Waals surface area contributed by atoms with Crippen LogP contribution in [0.4, 0.5) is 5.82 Å². The number of anilines is 1. The van der Waals surface area contributed by atoms with Gasteiger partial charge in [0.05, 0.1) is 12.8 Å². The minimum absolute atomic E-state index is 0.136. The van der Waals surface area contributed by atoms with Crippen LogP contribution < -0.4 is 20.9 Å². The highest BCUT2D eigenvalue weighted by atomic mass is 16.5. The number of carbonyl (C=O) groups is 2. The number of aryl methyl sites for hydroxylation is 2. The fourth-order valence-corrected chi connectivity index (χ4v) is 2.59. The second-order valence-corrected chi connectivity index (χ2v) is 6.28. The van der Waals surface area contributed by atoms with Gasteiger partial charge in [-0.25, -0.2) is 4.98 Å². The summed E-state index contributed by atoms with van der Waals surface area (Å²) in [5.74, 6) is -0.631. The minimum Gasteiger partial charge on any atom is -0.497 e. The van der Waals surface area contributed by atoms with Crippen LogP contribution in [-0.4, -0.2) is 38.7 Å². The summed E-state index contributed by atoms with van der Waals surface area (Å²) in [6, 6.07) is 10.0. The first-order valence-electron chi connectivity index (χ1n) is 8.73. The summed E-state index contributed by atoms with van der Waals surface area (Å²) in [5.41, 5.74) is 1.53. The number of aromatic nitrogens is 4. The van der Waals surface area contributed by atoms with Gasteiger partial charge in [0.1, 0.15) is 11.6 Å². The maximum absolute atomic E-state index is 12.3. The smallest absolute Gasteiger partial charge is 0.314 e. The van der Waals surface area contributed by atoms with E-state index in [1.165, 1.54) is 10.7 Å². The highest BCUT2D eigenvalue weighted by molar-refractivity contribution is 6.39. The summed E-state index contributed by atoms with van der Waals surface area (Å²) in [6.07, 6.45) is 0. The van der Waals surface area contributed by atoms with Crippen molar-refractivity contribution in [2.75, 3.05) is 12.4 Å². The lowest BCUT2D eigenvalue weighted by Gasteiger charge is -2.09. The first kappa shape index (κ1) is 19.8. The van der Waals surface area contributed by atoms with Gasteiger partial charge >= 0.3 is 11.8 Å². The zero-order valence-electron chi connectivity index (χ0n) is 16.1. The SMILES string of the molecule is COc1ccc(CNC(=O)C(=O)Nc2cc(C)nn2-c2nc(C)cc(=O)[nH]2)cc1. The van der Waals surface area contributed by atoms with Crippen molar-refractivity contribution in [3.63, 3.8) is 0 Å². The van der Waals surface area contributed by atoms with E-state index in [0.29, 0.717) is 17.1 Å². The molecule has 29 heavy (non-hydrogen) atoms. The molecule has 0 aliphatic rings. The number of hydrogen-bond donors (Lipinski definition) is 3. The molecule has 0 bridgehead atoms. The van der Waals surface area contributed by atoms with Crippen molar-refractivity contribution in [2.24, 2.45) is 0 Å². The van der Waals surface area contributed by atoms with Crippen LogP contribution in [0.15, 0.2) is 41.2 Å². The summed E-state index contributed by atoms with van der Waals surface area (Å²) < 4.78 is 6.34. The van der Waals surface area contributed by atoms with Gasteiger partial charge in [0, 0.05) is 24.4 Å². The number of nitrogens with one attached hydrogen (secondary N) is 3. The third-order valence-corrected chi connectivity index (χ3v) is 3.95. The van der Waals surface area contributed by atoms with Crippen LogP contribution in [0.25, 0.3) is 5.95 Å². The Balaban J connectivity index is 1.70. The van der Waals surface area contributed by atoms with E-state index in [2.05, 4.69) is 25.7 Å². The van der Waals surface area contributed by atoms with Crippen LogP contribution in [-0.2, 0) is 16.1 Å². The Bertz CT molecular complexity index is 1100. The molecule has 0 atom stereocenters. The quantitative estimate of drug-likeness (QED) is 0.548. The van der Waals surface area contributed by atoms with Crippen LogP contribution >= 0.6 is 0 Å². The van der Waals surface area contributed by atoms with Crippen molar-refractivity contribution in [3.05, 3.63) is 63.7 Å². The second-order valence-electron chi connectivity index (χ2n) is 6.28. The first-order chi connectivity index (χ1) is 13.9. The van der Waals surface area contributed by atoms with Crippen molar-refractivity contribution >= 4 is 17.6 Å². The molecule has 3 rings (SSSR count). The summed E-state index contributed by atoms with van der Waals surface area (Å²) >= 11 is 0. The van der Waals surface area contributed by atoms with Crippen LogP contribution in [0.2, 0.25) is 0 Å². The van der Waals surface area contributed by atoms with Crippen molar-refractivity contribution in [3.8, 4) is 11.7 Å². The molecule has 0 radical (unpaired) electrons. The zero-order chi connectivity index (χ0) is 21.0. The molecule has 150 valence electrons. The third kappa shape index (κ3) is 4.86. The number of rotatable bonds is 5. The second kappa shape index (κ2) is 8.38. The monoisotopic (exact) mass is 396 g/mol. The molecule has 0 fully saturated rings. The number of H-pyrrole nitrogens is 1. The van der Waals surface area contributed by atoms with E-state index >= 15 is 0 Å². The average Bonchev–Trinajstić information content (AvgIpc) is 3.05. The van der Waals surface area contributed by atoms with Crippen molar-refractivity contribution in [1.29, 1.82) is 0 Å². The zero-order valence-corrected chi connectivity index (χ0v) is 16.1. The Hall–Kier alpha value is -3.95. The highest BCUT2D eigenvalue weighted by Crippen LogP contribution is 2.14. The molecule has 2 amide bonds. The van der Waals surface area contributed by atoms with Gasteiger partial charge in [-0.2, -0.15) is 9.78 Å². The summed E-state index contributed by atoms with van der Waals surface area (Å²) in [5, 5.41) is 9.25. The van der Waals surface area contributed by atoms with Gasteiger partial charge in [0.15, 0.2) is 0 Å². The molecule has 0 saturated carbocycles. The van der Waals surface area contributed by atoms with Gasteiger partial charge in [-0.15, -0.1) is 0 Å². The molecule has 3 N–H and O–H groups in total. The Kier molecular flexibility index (Phi) is 5.72. The largest absolute Gasteiger partial charge is 0.497 e. The third-order valence-electron chi connectivity index (χ3n) is 3.95. The number of carbonyl (C=O) groups excluding carboxylic acids is 2. The van der Waals surface area contributed by atoms with Crippen LogP contribution in [0.1, 0.15) is 17.0 Å². The van der Waals surface area contributed by atoms with Crippen molar-refractivity contribution in [1.82, 2.24) is 25.1 Å². The van der Waals surface area contributed by atoms with Crippen molar-refractivity contribution < 1.29 is 14.3 Å². The van der Waals surface area contributed by atoms with E-state index in [-0.39, 0.29) is 23.9 Å². The maximum atomic E-state index is 12.3. The van der Waals surface area contributed by atoms with Crippen LogP contribution in [0.5, 0.6) is 5.75 Å². The lowest BCUT2D eigenvalue weighted by atomic mass is 10.2. The highest BCUT2D eigenvalue weighted by Gasteiger charge is 2.18. The minimum atomic E-state index is -0.866. The summed E-state index contributed by atoms with van der Waals surface area (Å²) in [4.78, 5) is 42.9. The van der Waals surface area contributed by atoms with Gasteiger partial charge in [-0.1, -0.05) is 12.1 Å². The summed E-state index contributed by atoms with van der Waals surface area (Å²) in [6.45, 7) is 3.56. The van der Waals surface area contributed by atoms with Gasteiger partial charge in [0.2, 0.25) is 5.95 Å². The van der Waals surface area contributed by atoms with Gasteiger partial charge < -0.3 is 15.4 Å². The first-order valence-corrected chi connectivity index (χ1v) is 8.73. The average molecular weight is 396 g/mol. The standard InChI is InChI=1S/C19H20N6O4/c1-11-9-16(26)23-19(21-11)25-15(8-12(2)24-25)22-18(28)17(27)20-10-13-4-6-14(29-3)7-5-13/h4-9H,10H2,1-3H3,(H,20,27)(H,22,28)(H,21,23,26). The molecule has 0 saturated heterocycles. The van der Waals surface area contributed by atoms with E-state index in [4.69, 9.17) is 4.74 Å².